The summed E-state index contributed by atoms with van der Waals surface area (Å²) < 4.78 is 2.09. The Kier molecular flexibility index (Phi) is 3.93. The maximum atomic E-state index is 5.96. The molecule has 1 aromatic rings. The Labute approximate surface area is 103 Å². The Hall–Kier alpha value is -0.470. The standard InChI is InChI=1S/C13H21ClN2/c1-10(11-5-3-4-6-11)15-8-13-7-12(14)9-16(13)2/h7,9-11,15H,3-6,8H2,1-2H3. The van der Waals surface area contributed by atoms with Crippen LogP contribution in [0.25, 0.3) is 0 Å². The largest absolute Gasteiger partial charge is 0.352 e. The van der Waals surface area contributed by atoms with Gasteiger partial charge in [0.1, 0.15) is 0 Å². The molecule has 1 unspecified atom stereocenters. The van der Waals surface area contributed by atoms with Gasteiger partial charge < -0.3 is 9.88 Å². The van der Waals surface area contributed by atoms with Gasteiger partial charge in [-0.1, -0.05) is 24.4 Å². The summed E-state index contributed by atoms with van der Waals surface area (Å²) in [6, 6.07) is 2.66. The van der Waals surface area contributed by atoms with Crippen LogP contribution in [0.5, 0.6) is 0 Å². The first-order chi connectivity index (χ1) is 7.66. The van der Waals surface area contributed by atoms with Gasteiger partial charge in [0.25, 0.3) is 0 Å². The van der Waals surface area contributed by atoms with Crippen LogP contribution < -0.4 is 5.32 Å². The highest BCUT2D eigenvalue weighted by Gasteiger charge is 2.21. The quantitative estimate of drug-likeness (QED) is 0.854. The third-order valence-corrected chi connectivity index (χ3v) is 3.99. The van der Waals surface area contributed by atoms with Crippen LogP contribution in [0.2, 0.25) is 5.02 Å². The molecule has 2 nitrogen and oxygen atoms in total. The fourth-order valence-corrected chi connectivity index (χ4v) is 2.90. The molecule has 0 spiro atoms. The van der Waals surface area contributed by atoms with E-state index in [1.54, 1.807) is 0 Å². The van der Waals surface area contributed by atoms with Crippen LogP contribution in [0.3, 0.4) is 0 Å². The van der Waals surface area contributed by atoms with E-state index < -0.39 is 0 Å². The average Bonchev–Trinajstić information content (AvgIpc) is 2.84. The van der Waals surface area contributed by atoms with E-state index in [1.165, 1.54) is 31.4 Å². The Balaban J connectivity index is 1.84. The normalized spacial score (nSPS) is 19.2. The minimum atomic E-state index is 0.621. The van der Waals surface area contributed by atoms with Crippen LogP contribution in [-0.2, 0) is 13.6 Å². The molecule has 3 heteroatoms. The van der Waals surface area contributed by atoms with Crippen LogP contribution in [0, 0.1) is 5.92 Å². The first-order valence-corrected chi connectivity index (χ1v) is 6.58. The zero-order chi connectivity index (χ0) is 11.5. The van der Waals surface area contributed by atoms with Crippen molar-refractivity contribution in [1.29, 1.82) is 0 Å². The SMILES string of the molecule is CC(NCc1cc(Cl)cn1C)C1CCCC1. The first-order valence-electron chi connectivity index (χ1n) is 6.21. The number of halogens is 1. The number of nitrogens with one attached hydrogen (secondary N) is 1. The molecule has 1 aliphatic rings. The smallest absolute Gasteiger partial charge is 0.0585 e. The second-order valence-electron chi connectivity index (χ2n) is 4.97. The van der Waals surface area contributed by atoms with Crippen molar-refractivity contribution < 1.29 is 0 Å². The van der Waals surface area contributed by atoms with Crippen LogP contribution >= 0.6 is 11.6 Å². The molecule has 1 aromatic heterocycles. The molecule has 1 saturated carbocycles. The number of nitrogens with zero attached hydrogens (tertiary/aromatic N) is 1. The highest BCUT2D eigenvalue weighted by Crippen LogP contribution is 2.27. The van der Waals surface area contributed by atoms with E-state index in [2.05, 4.69) is 16.8 Å². The zero-order valence-corrected chi connectivity index (χ0v) is 10.9. The van der Waals surface area contributed by atoms with Crippen molar-refractivity contribution >= 4 is 11.6 Å². The molecule has 0 aromatic carbocycles. The fraction of sp³-hybridized carbons (Fsp3) is 0.692. The summed E-state index contributed by atoms with van der Waals surface area (Å²) in [4.78, 5) is 0. The lowest BCUT2D eigenvalue weighted by Crippen LogP contribution is -2.32. The molecule has 0 saturated heterocycles. The molecule has 1 fully saturated rings. The third-order valence-electron chi connectivity index (χ3n) is 3.79. The van der Waals surface area contributed by atoms with Gasteiger partial charge in [-0.3, -0.25) is 0 Å². The number of hydrogen-bond acceptors (Lipinski definition) is 1. The second-order valence-corrected chi connectivity index (χ2v) is 5.41. The second kappa shape index (κ2) is 5.24. The van der Waals surface area contributed by atoms with E-state index in [1.807, 2.05) is 19.3 Å². The van der Waals surface area contributed by atoms with Gasteiger partial charge in [0, 0.05) is 31.5 Å². The van der Waals surface area contributed by atoms with Gasteiger partial charge in [-0.15, -0.1) is 0 Å². The number of aromatic nitrogens is 1. The van der Waals surface area contributed by atoms with Crippen LogP contribution in [0.1, 0.15) is 38.3 Å². The summed E-state index contributed by atoms with van der Waals surface area (Å²) in [5.74, 6) is 0.871. The first kappa shape index (κ1) is 12.0. The van der Waals surface area contributed by atoms with E-state index in [9.17, 15) is 0 Å². The molecule has 1 aliphatic carbocycles. The highest BCUT2D eigenvalue weighted by molar-refractivity contribution is 6.30. The Morgan fingerprint density at radius 3 is 2.75 bits per heavy atom. The molecule has 0 amide bonds. The molecular formula is C13H21ClN2. The van der Waals surface area contributed by atoms with E-state index in [4.69, 9.17) is 11.6 Å². The summed E-state index contributed by atoms with van der Waals surface area (Å²) >= 11 is 5.96. The molecule has 90 valence electrons. The number of aryl methyl sites for hydroxylation is 1. The molecule has 0 radical (unpaired) electrons. The predicted molar refractivity (Wildman–Crippen MR) is 68.7 cm³/mol. The summed E-state index contributed by atoms with van der Waals surface area (Å²) in [6.45, 7) is 3.22. The fourth-order valence-electron chi connectivity index (χ4n) is 2.63. The number of hydrogen-bond donors (Lipinski definition) is 1. The van der Waals surface area contributed by atoms with Crippen molar-refractivity contribution in [2.45, 2.75) is 45.2 Å². The highest BCUT2D eigenvalue weighted by atomic mass is 35.5. The van der Waals surface area contributed by atoms with Gasteiger partial charge in [-0.25, -0.2) is 0 Å². The third kappa shape index (κ3) is 2.80. The predicted octanol–water partition coefficient (Wildman–Crippen LogP) is 3.35. The van der Waals surface area contributed by atoms with Crippen molar-refractivity contribution in [3.8, 4) is 0 Å². The van der Waals surface area contributed by atoms with Gasteiger partial charge in [0.15, 0.2) is 0 Å². The maximum absolute atomic E-state index is 5.96. The van der Waals surface area contributed by atoms with Crippen LogP contribution in [-0.4, -0.2) is 10.6 Å². The van der Waals surface area contributed by atoms with E-state index in [0.29, 0.717) is 6.04 Å². The Morgan fingerprint density at radius 1 is 1.50 bits per heavy atom. The molecular weight excluding hydrogens is 220 g/mol. The minimum absolute atomic E-state index is 0.621. The summed E-state index contributed by atoms with van der Waals surface area (Å²) in [6.07, 6.45) is 7.56. The van der Waals surface area contributed by atoms with Crippen molar-refractivity contribution in [1.82, 2.24) is 9.88 Å². The van der Waals surface area contributed by atoms with Crippen molar-refractivity contribution in [2.75, 3.05) is 0 Å². The lowest BCUT2D eigenvalue weighted by Gasteiger charge is -2.20. The topological polar surface area (TPSA) is 17.0 Å². The maximum Gasteiger partial charge on any atom is 0.0585 e. The Bertz CT molecular complexity index is 340. The Morgan fingerprint density at radius 2 is 2.19 bits per heavy atom. The zero-order valence-electron chi connectivity index (χ0n) is 10.2. The van der Waals surface area contributed by atoms with E-state index >= 15 is 0 Å². The minimum Gasteiger partial charge on any atom is -0.352 e. The summed E-state index contributed by atoms with van der Waals surface area (Å²) in [5, 5.41) is 4.44. The lowest BCUT2D eigenvalue weighted by atomic mass is 10.00. The van der Waals surface area contributed by atoms with Gasteiger partial charge in [-0.05, 0) is 31.7 Å². The van der Waals surface area contributed by atoms with Gasteiger partial charge >= 0.3 is 0 Å². The molecule has 1 atom stereocenters. The van der Waals surface area contributed by atoms with E-state index in [-0.39, 0.29) is 0 Å². The molecule has 2 rings (SSSR count). The average molecular weight is 241 g/mol. The lowest BCUT2D eigenvalue weighted by molar-refractivity contribution is 0.377. The van der Waals surface area contributed by atoms with Gasteiger partial charge in [0.05, 0.1) is 5.02 Å². The summed E-state index contributed by atoms with van der Waals surface area (Å²) in [7, 11) is 2.04. The molecule has 1 N–H and O–H groups in total. The number of rotatable bonds is 4. The van der Waals surface area contributed by atoms with Gasteiger partial charge in [0.2, 0.25) is 0 Å². The van der Waals surface area contributed by atoms with E-state index in [0.717, 1.165) is 17.5 Å². The monoisotopic (exact) mass is 240 g/mol. The van der Waals surface area contributed by atoms with Crippen LogP contribution in [0.4, 0.5) is 0 Å². The van der Waals surface area contributed by atoms with Gasteiger partial charge in [-0.2, -0.15) is 0 Å². The van der Waals surface area contributed by atoms with Crippen molar-refractivity contribution in [2.24, 2.45) is 13.0 Å². The van der Waals surface area contributed by atoms with Crippen molar-refractivity contribution in [3.05, 3.63) is 23.0 Å². The van der Waals surface area contributed by atoms with Crippen LogP contribution in [0.15, 0.2) is 12.3 Å². The van der Waals surface area contributed by atoms with Crippen molar-refractivity contribution in [3.63, 3.8) is 0 Å². The molecule has 0 bridgehead atoms. The molecule has 0 aliphatic heterocycles. The molecule has 16 heavy (non-hydrogen) atoms. The molecule has 1 heterocycles. The summed E-state index contributed by atoms with van der Waals surface area (Å²) in [5.41, 5.74) is 1.26.